The molecule has 13 heavy (non-hydrogen) atoms. The summed E-state index contributed by atoms with van der Waals surface area (Å²) in [5.74, 6) is 1.27. The average molecular weight is 201 g/mol. The van der Waals surface area contributed by atoms with Gasteiger partial charge in [0.2, 0.25) is 0 Å². The molecule has 1 aliphatic rings. The van der Waals surface area contributed by atoms with E-state index in [9.17, 15) is 0 Å². The molecule has 1 rings (SSSR count). The maximum absolute atomic E-state index is 2.64. The number of nitrogens with zero attached hydrogens (tertiary/aromatic N) is 1. The molecular weight excluding hydrogens is 178 g/mol. The van der Waals surface area contributed by atoms with E-state index in [1.54, 1.807) is 0 Å². The fourth-order valence-electron chi connectivity index (χ4n) is 1.97. The Hall–Kier alpha value is 0.310. The van der Waals surface area contributed by atoms with Gasteiger partial charge in [0.1, 0.15) is 0 Å². The summed E-state index contributed by atoms with van der Waals surface area (Å²) in [4.78, 5) is 2.64. The standard InChI is InChI=1S/C11H23NS/c1-4-13-11-7-5-6-8-12(9-11)10(2)3/h10-11H,4-9H2,1-3H3. The second kappa shape index (κ2) is 5.92. The molecule has 1 fully saturated rings. The van der Waals surface area contributed by atoms with Gasteiger partial charge in [0.15, 0.2) is 0 Å². The SMILES string of the molecule is CCSC1CCCCN(C(C)C)C1. The fraction of sp³-hybridized carbons (Fsp3) is 1.00. The summed E-state index contributed by atoms with van der Waals surface area (Å²) in [6.45, 7) is 9.54. The van der Waals surface area contributed by atoms with Crippen molar-refractivity contribution in [3.05, 3.63) is 0 Å². The number of likely N-dealkylation sites (tertiary alicyclic amines) is 1. The van der Waals surface area contributed by atoms with Gasteiger partial charge in [-0.2, -0.15) is 11.8 Å². The number of hydrogen-bond acceptors (Lipinski definition) is 2. The highest BCUT2D eigenvalue weighted by molar-refractivity contribution is 7.99. The zero-order chi connectivity index (χ0) is 9.68. The van der Waals surface area contributed by atoms with Crippen molar-refractivity contribution in [2.45, 2.75) is 51.3 Å². The fourth-order valence-corrected chi connectivity index (χ4v) is 3.07. The zero-order valence-corrected chi connectivity index (χ0v) is 10.1. The van der Waals surface area contributed by atoms with Crippen LogP contribution < -0.4 is 0 Å². The monoisotopic (exact) mass is 201 g/mol. The van der Waals surface area contributed by atoms with Crippen LogP contribution in [0.1, 0.15) is 40.0 Å². The van der Waals surface area contributed by atoms with Gasteiger partial charge in [-0.3, -0.25) is 4.90 Å². The Morgan fingerprint density at radius 3 is 2.77 bits per heavy atom. The lowest BCUT2D eigenvalue weighted by molar-refractivity contribution is 0.233. The molecule has 0 aromatic carbocycles. The van der Waals surface area contributed by atoms with Gasteiger partial charge in [-0.1, -0.05) is 13.3 Å². The third-order valence-corrected chi connectivity index (χ3v) is 3.98. The minimum atomic E-state index is 0.734. The zero-order valence-electron chi connectivity index (χ0n) is 9.25. The van der Waals surface area contributed by atoms with Crippen LogP contribution in [-0.2, 0) is 0 Å². The van der Waals surface area contributed by atoms with E-state index in [1.807, 2.05) is 0 Å². The molecular formula is C11H23NS. The molecule has 2 heteroatoms. The summed E-state index contributed by atoms with van der Waals surface area (Å²) in [7, 11) is 0. The molecule has 1 heterocycles. The first-order valence-corrected chi connectivity index (χ1v) is 6.64. The minimum Gasteiger partial charge on any atom is -0.300 e. The third-order valence-electron chi connectivity index (χ3n) is 2.79. The van der Waals surface area contributed by atoms with Crippen molar-refractivity contribution in [1.29, 1.82) is 0 Å². The number of hydrogen-bond donors (Lipinski definition) is 0. The lowest BCUT2D eigenvalue weighted by Crippen LogP contribution is -2.35. The summed E-state index contributed by atoms with van der Waals surface area (Å²) in [6, 6.07) is 0.734. The van der Waals surface area contributed by atoms with Crippen LogP contribution in [-0.4, -0.2) is 35.0 Å². The van der Waals surface area contributed by atoms with E-state index in [-0.39, 0.29) is 0 Å². The van der Waals surface area contributed by atoms with Crippen molar-refractivity contribution in [3.63, 3.8) is 0 Å². The largest absolute Gasteiger partial charge is 0.300 e. The lowest BCUT2D eigenvalue weighted by Gasteiger charge is -2.27. The topological polar surface area (TPSA) is 3.24 Å². The van der Waals surface area contributed by atoms with E-state index in [4.69, 9.17) is 0 Å². The maximum Gasteiger partial charge on any atom is 0.0175 e. The van der Waals surface area contributed by atoms with Crippen LogP contribution in [0.15, 0.2) is 0 Å². The van der Waals surface area contributed by atoms with Gasteiger partial charge in [0.05, 0.1) is 0 Å². The Labute approximate surface area is 87.3 Å². The van der Waals surface area contributed by atoms with Crippen molar-refractivity contribution in [2.24, 2.45) is 0 Å². The van der Waals surface area contributed by atoms with Crippen molar-refractivity contribution in [1.82, 2.24) is 4.90 Å². The summed E-state index contributed by atoms with van der Waals surface area (Å²) >= 11 is 2.15. The molecule has 0 N–H and O–H groups in total. The van der Waals surface area contributed by atoms with Crippen molar-refractivity contribution in [2.75, 3.05) is 18.8 Å². The van der Waals surface area contributed by atoms with E-state index in [1.165, 1.54) is 38.1 Å². The molecule has 0 aromatic heterocycles. The van der Waals surface area contributed by atoms with Gasteiger partial charge in [-0.25, -0.2) is 0 Å². The first kappa shape index (κ1) is 11.4. The van der Waals surface area contributed by atoms with Gasteiger partial charge in [-0.05, 0) is 39.0 Å². The van der Waals surface area contributed by atoms with E-state index in [2.05, 4.69) is 37.4 Å². The van der Waals surface area contributed by atoms with Gasteiger partial charge >= 0.3 is 0 Å². The number of rotatable bonds is 3. The predicted molar refractivity (Wildman–Crippen MR) is 62.5 cm³/mol. The van der Waals surface area contributed by atoms with Crippen molar-refractivity contribution in [3.8, 4) is 0 Å². The first-order chi connectivity index (χ1) is 6.24. The average Bonchev–Trinajstić information content (AvgIpc) is 2.30. The minimum absolute atomic E-state index is 0.734. The Morgan fingerprint density at radius 1 is 1.38 bits per heavy atom. The normalized spacial score (nSPS) is 26.3. The second-order valence-corrected chi connectivity index (χ2v) is 5.74. The molecule has 0 bridgehead atoms. The molecule has 1 aliphatic heterocycles. The Kier molecular flexibility index (Phi) is 5.18. The molecule has 78 valence electrons. The van der Waals surface area contributed by atoms with Crippen LogP contribution in [0, 0.1) is 0 Å². The molecule has 0 spiro atoms. The van der Waals surface area contributed by atoms with Crippen molar-refractivity contribution < 1.29 is 0 Å². The highest BCUT2D eigenvalue weighted by atomic mass is 32.2. The van der Waals surface area contributed by atoms with E-state index in [0.717, 1.165) is 11.3 Å². The summed E-state index contributed by atoms with van der Waals surface area (Å²) < 4.78 is 0. The highest BCUT2D eigenvalue weighted by Crippen LogP contribution is 2.22. The Morgan fingerprint density at radius 2 is 2.15 bits per heavy atom. The van der Waals surface area contributed by atoms with Crippen LogP contribution in [0.4, 0.5) is 0 Å². The summed E-state index contributed by atoms with van der Waals surface area (Å²) in [5.41, 5.74) is 0. The third kappa shape index (κ3) is 3.90. The van der Waals surface area contributed by atoms with Crippen LogP contribution >= 0.6 is 11.8 Å². The maximum atomic E-state index is 2.64. The molecule has 0 aliphatic carbocycles. The molecule has 0 radical (unpaired) electrons. The Bertz CT molecular complexity index is 136. The highest BCUT2D eigenvalue weighted by Gasteiger charge is 2.19. The second-order valence-electron chi connectivity index (χ2n) is 4.16. The molecule has 0 aromatic rings. The van der Waals surface area contributed by atoms with Gasteiger partial charge < -0.3 is 0 Å². The smallest absolute Gasteiger partial charge is 0.0175 e. The van der Waals surface area contributed by atoms with Crippen LogP contribution in [0.3, 0.4) is 0 Å². The van der Waals surface area contributed by atoms with E-state index in [0.29, 0.717) is 0 Å². The molecule has 0 amide bonds. The van der Waals surface area contributed by atoms with Gasteiger partial charge in [-0.15, -0.1) is 0 Å². The van der Waals surface area contributed by atoms with Crippen LogP contribution in [0.25, 0.3) is 0 Å². The van der Waals surface area contributed by atoms with Crippen LogP contribution in [0.2, 0.25) is 0 Å². The van der Waals surface area contributed by atoms with E-state index < -0.39 is 0 Å². The molecule has 1 saturated heterocycles. The van der Waals surface area contributed by atoms with Gasteiger partial charge in [0, 0.05) is 17.8 Å². The predicted octanol–water partition coefficient (Wildman–Crippen LogP) is 3.00. The van der Waals surface area contributed by atoms with E-state index >= 15 is 0 Å². The van der Waals surface area contributed by atoms with Crippen molar-refractivity contribution >= 4 is 11.8 Å². The quantitative estimate of drug-likeness (QED) is 0.690. The summed E-state index contributed by atoms with van der Waals surface area (Å²) in [6.07, 6.45) is 4.27. The summed E-state index contributed by atoms with van der Waals surface area (Å²) in [5, 5.41) is 0.898. The number of thioether (sulfide) groups is 1. The molecule has 1 nitrogen and oxygen atoms in total. The first-order valence-electron chi connectivity index (χ1n) is 5.59. The molecule has 1 unspecified atom stereocenters. The van der Waals surface area contributed by atoms with Gasteiger partial charge in [0.25, 0.3) is 0 Å². The lowest BCUT2D eigenvalue weighted by atomic mass is 10.2. The molecule has 0 saturated carbocycles. The molecule has 1 atom stereocenters. The van der Waals surface area contributed by atoms with Crippen LogP contribution in [0.5, 0.6) is 0 Å². The Balaban J connectivity index is 2.39.